The normalized spacial score (nSPS) is 28.0. The molecule has 27 heavy (non-hydrogen) atoms. The standard InChI is InChI=1S/C22H33N3O2/c1-25-11-3-7-21(25)22(26)19-15-24-20-9-8-17(13-18(19)20)27-12-4-6-16-5-2-10-23-14-16/h8-9,13,16,19,21,23-24H,2-7,10-12,14-15H2,1H3/t16?,19?,21-/m0/s1. The quantitative estimate of drug-likeness (QED) is 0.722. The number of nitrogens with zero attached hydrogens (tertiary/aromatic N) is 1. The molecule has 2 unspecified atom stereocenters. The van der Waals surface area contributed by atoms with E-state index in [9.17, 15) is 4.79 Å². The van der Waals surface area contributed by atoms with Gasteiger partial charge in [0, 0.05) is 12.2 Å². The smallest absolute Gasteiger partial charge is 0.159 e. The molecular weight excluding hydrogens is 338 g/mol. The number of likely N-dealkylation sites (tertiary alicyclic amines) is 1. The number of nitrogens with one attached hydrogen (secondary N) is 2. The van der Waals surface area contributed by atoms with Crippen LogP contribution in [0.2, 0.25) is 0 Å². The minimum absolute atomic E-state index is 0.0394. The molecule has 2 fully saturated rings. The molecule has 5 nitrogen and oxygen atoms in total. The summed E-state index contributed by atoms with van der Waals surface area (Å²) in [5, 5.41) is 6.89. The van der Waals surface area contributed by atoms with E-state index in [4.69, 9.17) is 4.74 Å². The van der Waals surface area contributed by atoms with E-state index in [0.717, 1.165) is 68.4 Å². The van der Waals surface area contributed by atoms with Gasteiger partial charge in [0.25, 0.3) is 0 Å². The summed E-state index contributed by atoms with van der Waals surface area (Å²) in [6.45, 7) is 4.84. The van der Waals surface area contributed by atoms with Crippen molar-refractivity contribution in [3.05, 3.63) is 23.8 Å². The van der Waals surface area contributed by atoms with Crippen LogP contribution >= 0.6 is 0 Å². The summed E-state index contributed by atoms with van der Waals surface area (Å²) in [5.41, 5.74) is 2.21. The predicted molar refractivity (Wildman–Crippen MR) is 109 cm³/mol. The lowest BCUT2D eigenvalue weighted by molar-refractivity contribution is -0.124. The molecule has 0 amide bonds. The number of hydrogen-bond donors (Lipinski definition) is 2. The summed E-state index contributed by atoms with van der Waals surface area (Å²) in [6, 6.07) is 6.27. The number of carbonyl (C=O) groups excluding carboxylic acids is 1. The highest BCUT2D eigenvalue weighted by molar-refractivity contribution is 5.94. The van der Waals surface area contributed by atoms with Crippen LogP contribution in [-0.4, -0.2) is 56.6 Å². The third-order valence-electron chi connectivity index (χ3n) is 6.51. The Morgan fingerprint density at radius 2 is 2.19 bits per heavy atom. The average molecular weight is 372 g/mol. The fourth-order valence-electron chi connectivity index (χ4n) is 4.89. The number of fused-ring (bicyclic) bond motifs is 1. The van der Waals surface area contributed by atoms with Crippen molar-refractivity contribution in [2.45, 2.75) is 50.5 Å². The van der Waals surface area contributed by atoms with Gasteiger partial charge >= 0.3 is 0 Å². The minimum Gasteiger partial charge on any atom is -0.494 e. The van der Waals surface area contributed by atoms with Gasteiger partial charge in [-0.1, -0.05) is 0 Å². The van der Waals surface area contributed by atoms with Crippen LogP contribution in [0.5, 0.6) is 5.75 Å². The van der Waals surface area contributed by atoms with E-state index in [1.165, 1.54) is 25.8 Å². The largest absolute Gasteiger partial charge is 0.494 e. The number of Topliss-reactive ketones (excluding diaryl/α,β-unsaturated/α-hetero) is 1. The Hall–Kier alpha value is -1.59. The van der Waals surface area contributed by atoms with E-state index < -0.39 is 0 Å². The molecule has 1 aromatic rings. The van der Waals surface area contributed by atoms with E-state index in [0.29, 0.717) is 5.78 Å². The third-order valence-corrected chi connectivity index (χ3v) is 6.51. The first kappa shape index (κ1) is 18.8. The van der Waals surface area contributed by atoms with Crippen molar-refractivity contribution < 1.29 is 9.53 Å². The first-order valence-electron chi connectivity index (χ1n) is 10.7. The van der Waals surface area contributed by atoms with Crippen molar-refractivity contribution in [1.29, 1.82) is 0 Å². The number of likely N-dealkylation sites (N-methyl/N-ethyl adjacent to an activating group) is 1. The summed E-state index contributed by atoms with van der Waals surface area (Å²) in [7, 11) is 2.07. The molecule has 0 saturated carbocycles. The SMILES string of the molecule is CN1CCC[C@H]1C(=O)C1CNc2ccc(OCCCC3CCCNC3)cc21. The molecule has 1 aromatic carbocycles. The highest BCUT2D eigenvalue weighted by Crippen LogP contribution is 2.37. The van der Waals surface area contributed by atoms with Gasteiger partial charge < -0.3 is 15.4 Å². The Kier molecular flexibility index (Phi) is 5.98. The molecule has 2 N–H and O–H groups in total. The number of anilines is 1. The lowest BCUT2D eigenvalue weighted by Crippen LogP contribution is -2.36. The molecular formula is C22H33N3O2. The van der Waals surface area contributed by atoms with Crippen LogP contribution in [0.4, 0.5) is 5.69 Å². The highest BCUT2D eigenvalue weighted by Gasteiger charge is 2.37. The second-order valence-electron chi connectivity index (χ2n) is 8.43. The summed E-state index contributed by atoms with van der Waals surface area (Å²) in [4.78, 5) is 15.2. The number of ketones is 1. The van der Waals surface area contributed by atoms with Crippen LogP contribution in [0.1, 0.15) is 50.0 Å². The van der Waals surface area contributed by atoms with Crippen LogP contribution < -0.4 is 15.4 Å². The lowest BCUT2D eigenvalue weighted by atomic mass is 9.91. The molecule has 0 aromatic heterocycles. The van der Waals surface area contributed by atoms with Gasteiger partial charge in [-0.25, -0.2) is 0 Å². The van der Waals surface area contributed by atoms with Crippen LogP contribution in [0.25, 0.3) is 0 Å². The first-order chi connectivity index (χ1) is 13.2. The Morgan fingerprint density at radius 1 is 1.26 bits per heavy atom. The molecule has 148 valence electrons. The zero-order chi connectivity index (χ0) is 18.6. The van der Waals surface area contributed by atoms with Crippen LogP contribution in [0.3, 0.4) is 0 Å². The molecule has 3 aliphatic heterocycles. The maximum absolute atomic E-state index is 13.0. The second-order valence-corrected chi connectivity index (χ2v) is 8.43. The Morgan fingerprint density at radius 3 is 2.96 bits per heavy atom. The molecule has 3 aliphatic rings. The van der Waals surface area contributed by atoms with Gasteiger partial charge in [-0.2, -0.15) is 0 Å². The number of piperidine rings is 1. The molecule has 3 atom stereocenters. The van der Waals surface area contributed by atoms with Gasteiger partial charge in [-0.05, 0) is 94.9 Å². The number of ether oxygens (including phenoxy) is 1. The predicted octanol–water partition coefficient (Wildman–Crippen LogP) is 3.02. The zero-order valence-corrected chi connectivity index (χ0v) is 16.5. The molecule has 2 saturated heterocycles. The van der Waals surface area contributed by atoms with Crippen molar-refractivity contribution >= 4 is 11.5 Å². The Labute approximate surface area is 162 Å². The fraction of sp³-hybridized carbons (Fsp3) is 0.682. The fourth-order valence-corrected chi connectivity index (χ4v) is 4.89. The number of rotatable bonds is 7. The van der Waals surface area contributed by atoms with E-state index in [-0.39, 0.29) is 12.0 Å². The molecule has 0 bridgehead atoms. The molecule has 4 rings (SSSR count). The zero-order valence-electron chi connectivity index (χ0n) is 16.5. The van der Waals surface area contributed by atoms with Crippen molar-refractivity contribution in [3.63, 3.8) is 0 Å². The second kappa shape index (κ2) is 8.61. The van der Waals surface area contributed by atoms with E-state index in [1.807, 2.05) is 6.07 Å². The van der Waals surface area contributed by atoms with Gasteiger partial charge in [0.05, 0.1) is 18.6 Å². The van der Waals surface area contributed by atoms with Crippen molar-refractivity contribution in [2.24, 2.45) is 5.92 Å². The third kappa shape index (κ3) is 4.30. The van der Waals surface area contributed by atoms with Crippen molar-refractivity contribution in [1.82, 2.24) is 10.2 Å². The van der Waals surface area contributed by atoms with E-state index >= 15 is 0 Å². The summed E-state index contributed by atoms with van der Waals surface area (Å²) in [6.07, 6.45) is 7.09. The van der Waals surface area contributed by atoms with Gasteiger partial charge in [0.15, 0.2) is 5.78 Å². The maximum Gasteiger partial charge on any atom is 0.159 e. The number of carbonyl (C=O) groups is 1. The summed E-state index contributed by atoms with van der Waals surface area (Å²) >= 11 is 0. The van der Waals surface area contributed by atoms with E-state index in [2.05, 4.69) is 34.7 Å². The molecule has 0 radical (unpaired) electrons. The summed E-state index contributed by atoms with van der Waals surface area (Å²) in [5.74, 6) is 2.03. The van der Waals surface area contributed by atoms with Crippen LogP contribution in [-0.2, 0) is 4.79 Å². The molecule has 3 heterocycles. The molecule has 0 spiro atoms. The topological polar surface area (TPSA) is 53.6 Å². The Balaban J connectivity index is 1.32. The van der Waals surface area contributed by atoms with E-state index in [1.54, 1.807) is 0 Å². The highest BCUT2D eigenvalue weighted by atomic mass is 16.5. The van der Waals surface area contributed by atoms with Crippen molar-refractivity contribution in [3.8, 4) is 5.75 Å². The first-order valence-corrected chi connectivity index (χ1v) is 10.7. The van der Waals surface area contributed by atoms with Gasteiger partial charge in [0.1, 0.15) is 5.75 Å². The monoisotopic (exact) mass is 371 g/mol. The lowest BCUT2D eigenvalue weighted by Gasteiger charge is -2.22. The Bertz CT molecular complexity index is 657. The maximum atomic E-state index is 13.0. The number of hydrogen-bond acceptors (Lipinski definition) is 5. The number of benzene rings is 1. The van der Waals surface area contributed by atoms with Gasteiger partial charge in [-0.15, -0.1) is 0 Å². The minimum atomic E-state index is -0.0394. The van der Waals surface area contributed by atoms with Gasteiger partial charge in [0.2, 0.25) is 0 Å². The average Bonchev–Trinajstić information content (AvgIpc) is 3.31. The van der Waals surface area contributed by atoms with Gasteiger partial charge in [-0.3, -0.25) is 9.69 Å². The summed E-state index contributed by atoms with van der Waals surface area (Å²) < 4.78 is 6.03. The van der Waals surface area contributed by atoms with Crippen LogP contribution in [0.15, 0.2) is 18.2 Å². The van der Waals surface area contributed by atoms with Crippen molar-refractivity contribution in [2.75, 3.05) is 45.2 Å². The molecule has 5 heteroatoms. The van der Waals surface area contributed by atoms with Crippen LogP contribution in [0, 0.1) is 5.92 Å². The molecule has 0 aliphatic carbocycles.